The summed E-state index contributed by atoms with van der Waals surface area (Å²) in [6.45, 7) is 1.83. The highest BCUT2D eigenvalue weighted by atomic mass is 32.2. The molecule has 1 aromatic carbocycles. The lowest BCUT2D eigenvalue weighted by Gasteiger charge is -2.10. The molecule has 0 N–H and O–H groups in total. The monoisotopic (exact) mass is 251 g/mol. The second-order valence-corrected chi connectivity index (χ2v) is 5.02. The number of nitrogens with zero attached hydrogens (tertiary/aromatic N) is 1. The average Bonchev–Trinajstić information content (AvgIpc) is 2.55. The molecule has 90 valence electrons. The first-order valence-electron chi connectivity index (χ1n) is 5.23. The van der Waals surface area contributed by atoms with Crippen molar-refractivity contribution in [3.8, 4) is 0 Å². The number of esters is 1. The lowest BCUT2D eigenvalue weighted by molar-refractivity contribution is 0.0419. The van der Waals surface area contributed by atoms with E-state index in [0.29, 0.717) is 10.5 Å². The van der Waals surface area contributed by atoms with Gasteiger partial charge in [-0.1, -0.05) is 12.1 Å². The number of amides is 1. The van der Waals surface area contributed by atoms with Crippen LogP contribution in [-0.4, -0.2) is 30.2 Å². The van der Waals surface area contributed by atoms with Crippen molar-refractivity contribution in [3.05, 3.63) is 29.3 Å². The molecule has 1 aliphatic rings. The van der Waals surface area contributed by atoms with Crippen LogP contribution in [-0.2, 0) is 4.74 Å². The number of cyclic esters (lactones) is 1. The lowest BCUT2D eigenvalue weighted by atomic mass is 10.1. The summed E-state index contributed by atoms with van der Waals surface area (Å²) < 4.78 is 5.14. The molecule has 0 fully saturated rings. The molecule has 1 heterocycles. The van der Waals surface area contributed by atoms with E-state index in [-0.39, 0.29) is 17.3 Å². The summed E-state index contributed by atoms with van der Waals surface area (Å²) in [7, 11) is 3.36. The second-order valence-electron chi connectivity index (χ2n) is 4.03. The summed E-state index contributed by atoms with van der Waals surface area (Å²) in [6, 6.07) is 5.46. The zero-order valence-corrected chi connectivity index (χ0v) is 10.7. The molecule has 0 spiro atoms. The van der Waals surface area contributed by atoms with Crippen molar-refractivity contribution in [1.82, 2.24) is 4.90 Å². The van der Waals surface area contributed by atoms with E-state index in [9.17, 15) is 9.59 Å². The molecule has 0 aromatic heterocycles. The number of hydrogen-bond acceptors (Lipinski definition) is 4. The molecular weight excluding hydrogens is 238 g/mol. The Hall–Kier alpha value is -1.49. The summed E-state index contributed by atoms with van der Waals surface area (Å²) in [5.41, 5.74) is 1.38. The van der Waals surface area contributed by atoms with Crippen LogP contribution in [0.2, 0.25) is 0 Å². The van der Waals surface area contributed by atoms with Crippen LogP contribution in [0.3, 0.4) is 0 Å². The van der Waals surface area contributed by atoms with E-state index in [4.69, 9.17) is 4.74 Å². The maximum atomic E-state index is 11.7. The first-order chi connectivity index (χ1) is 8.00. The van der Waals surface area contributed by atoms with Crippen molar-refractivity contribution >= 4 is 23.0 Å². The van der Waals surface area contributed by atoms with Gasteiger partial charge in [-0.15, -0.1) is 0 Å². The van der Waals surface area contributed by atoms with Gasteiger partial charge < -0.3 is 9.64 Å². The quantitative estimate of drug-likeness (QED) is 0.568. The van der Waals surface area contributed by atoms with Crippen LogP contribution in [0.15, 0.2) is 23.1 Å². The summed E-state index contributed by atoms with van der Waals surface area (Å²) >= 11 is 1.05. The van der Waals surface area contributed by atoms with Crippen molar-refractivity contribution in [2.45, 2.75) is 17.9 Å². The number of rotatable bonds is 1. The van der Waals surface area contributed by atoms with Gasteiger partial charge >= 0.3 is 5.97 Å². The molecule has 0 saturated carbocycles. The minimum Gasteiger partial charge on any atom is -0.454 e. The molecule has 1 atom stereocenters. The van der Waals surface area contributed by atoms with Gasteiger partial charge in [-0.3, -0.25) is 4.79 Å². The van der Waals surface area contributed by atoms with Crippen LogP contribution in [0.1, 0.15) is 28.9 Å². The van der Waals surface area contributed by atoms with Crippen LogP contribution in [0, 0.1) is 0 Å². The number of thioether (sulfide) groups is 1. The number of ether oxygens (including phenoxy) is 1. The van der Waals surface area contributed by atoms with Gasteiger partial charge in [0.25, 0.3) is 5.24 Å². The van der Waals surface area contributed by atoms with Gasteiger partial charge in [0.15, 0.2) is 0 Å². The highest BCUT2D eigenvalue weighted by Crippen LogP contribution is 2.36. The molecule has 1 aromatic rings. The summed E-state index contributed by atoms with van der Waals surface area (Å²) in [4.78, 5) is 25.5. The van der Waals surface area contributed by atoms with E-state index in [0.717, 1.165) is 17.3 Å². The van der Waals surface area contributed by atoms with Gasteiger partial charge in [0.1, 0.15) is 6.10 Å². The maximum Gasteiger partial charge on any atom is 0.340 e. The van der Waals surface area contributed by atoms with E-state index < -0.39 is 0 Å². The van der Waals surface area contributed by atoms with E-state index in [1.165, 1.54) is 4.90 Å². The molecule has 0 bridgehead atoms. The van der Waals surface area contributed by atoms with Crippen LogP contribution < -0.4 is 0 Å². The number of hydrogen-bond donors (Lipinski definition) is 0. The van der Waals surface area contributed by atoms with Crippen molar-refractivity contribution in [3.63, 3.8) is 0 Å². The van der Waals surface area contributed by atoms with Gasteiger partial charge in [0.2, 0.25) is 0 Å². The van der Waals surface area contributed by atoms with E-state index in [2.05, 4.69) is 0 Å². The van der Waals surface area contributed by atoms with Crippen molar-refractivity contribution < 1.29 is 14.3 Å². The first kappa shape index (κ1) is 12.0. The van der Waals surface area contributed by atoms with Gasteiger partial charge in [-0.05, 0) is 24.8 Å². The summed E-state index contributed by atoms with van der Waals surface area (Å²) in [5, 5.41) is -0.106. The van der Waals surface area contributed by atoms with Crippen molar-refractivity contribution in [2.24, 2.45) is 0 Å². The molecule has 5 heteroatoms. The molecular formula is C12H13NO3S. The first-order valence-corrected chi connectivity index (χ1v) is 6.05. The SMILES string of the molecule is CC1OC(=O)c2c(SC(=O)N(C)C)cccc21. The number of benzene rings is 1. The fourth-order valence-electron chi connectivity index (χ4n) is 1.66. The molecule has 17 heavy (non-hydrogen) atoms. The van der Waals surface area contributed by atoms with Crippen LogP contribution >= 0.6 is 11.8 Å². The highest BCUT2D eigenvalue weighted by molar-refractivity contribution is 8.13. The minimum atomic E-state index is -0.345. The van der Waals surface area contributed by atoms with E-state index in [1.54, 1.807) is 20.2 Å². The molecule has 1 amide bonds. The summed E-state index contributed by atoms with van der Waals surface area (Å²) in [6.07, 6.45) is -0.229. The van der Waals surface area contributed by atoms with Gasteiger partial charge in [-0.25, -0.2) is 4.79 Å². The largest absolute Gasteiger partial charge is 0.454 e. The maximum absolute atomic E-state index is 11.7. The Labute approximate surface area is 104 Å². The Balaban J connectivity index is 2.37. The fraction of sp³-hybridized carbons (Fsp3) is 0.333. The lowest BCUT2D eigenvalue weighted by Crippen LogP contribution is -2.16. The van der Waals surface area contributed by atoms with Gasteiger partial charge in [0, 0.05) is 24.6 Å². The molecule has 0 radical (unpaired) electrons. The molecule has 1 aliphatic heterocycles. The number of carbonyl (C=O) groups is 2. The predicted octanol–water partition coefficient (Wildman–Crippen LogP) is 2.69. The fourth-order valence-corrected chi connectivity index (χ4v) is 2.48. The molecule has 0 aliphatic carbocycles. The zero-order chi connectivity index (χ0) is 12.6. The van der Waals surface area contributed by atoms with Crippen LogP contribution in [0.4, 0.5) is 4.79 Å². The Bertz CT molecular complexity index is 485. The zero-order valence-electron chi connectivity index (χ0n) is 9.89. The topological polar surface area (TPSA) is 46.6 Å². The third-order valence-corrected chi connectivity index (χ3v) is 3.65. The smallest absolute Gasteiger partial charge is 0.340 e. The Morgan fingerprint density at radius 1 is 1.41 bits per heavy atom. The Morgan fingerprint density at radius 2 is 2.12 bits per heavy atom. The standard InChI is InChI=1S/C12H13NO3S/c1-7-8-5-4-6-9(10(8)11(14)16-7)17-12(15)13(2)3/h4-7H,1-3H3. The number of fused-ring (bicyclic) bond motifs is 1. The van der Waals surface area contributed by atoms with Crippen molar-refractivity contribution in [2.75, 3.05) is 14.1 Å². The van der Waals surface area contributed by atoms with E-state index in [1.807, 2.05) is 19.1 Å². The average molecular weight is 251 g/mol. The van der Waals surface area contributed by atoms with Gasteiger partial charge in [0.05, 0.1) is 5.56 Å². The second kappa shape index (κ2) is 4.41. The predicted molar refractivity (Wildman–Crippen MR) is 65.2 cm³/mol. The Kier molecular flexibility index (Phi) is 3.11. The van der Waals surface area contributed by atoms with Crippen LogP contribution in [0.25, 0.3) is 0 Å². The molecule has 1 unspecified atom stereocenters. The van der Waals surface area contributed by atoms with Gasteiger partial charge in [-0.2, -0.15) is 0 Å². The van der Waals surface area contributed by atoms with E-state index >= 15 is 0 Å². The molecule has 2 rings (SSSR count). The molecule has 4 nitrogen and oxygen atoms in total. The Morgan fingerprint density at radius 3 is 2.76 bits per heavy atom. The third kappa shape index (κ3) is 2.15. The molecule has 0 saturated heterocycles. The summed E-state index contributed by atoms with van der Waals surface area (Å²) in [5.74, 6) is -0.345. The van der Waals surface area contributed by atoms with Crippen molar-refractivity contribution in [1.29, 1.82) is 0 Å². The third-order valence-electron chi connectivity index (χ3n) is 2.55. The minimum absolute atomic E-state index is 0.106. The van der Waals surface area contributed by atoms with Crippen LogP contribution in [0.5, 0.6) is 0 Å². The normalized spacial score (nSPS) is 17.6. The highest BCUT2D eigenvalue weighted by Gasteiger charge is 2.31. The number of carbonyl (C=O) groups excluding carboxylic acids is 2.